The Labute approximate surface area is 134 Å². The van der Waals surface area contributed by atoms with Crippen molar-refractivity contribution in [2.75, 3.05) is 26.2 Å². The van der Waals surface area contributed by atoms with E-state index in [4.69, 9.17) is 0 Å². The van der Waals surface area contributed by atoms with Crippen molar-refractivity contribution in [3.63, 3.8) is 0 Å². The van der Waals surface area contributed by atoms with Crippen molar-refractivity contribution in [2.24, 2.45) is 0 Å². The van der Waals surface area contributed by atoms with Crippen LogP contribution < -0.4 is 5.32 Å². The lowest BCUT2D eigenvalue weighted by Crippen LogP contribution is -2.44. The van der Waals surface area contributed by atoms with Gasteiger partial charge in [0.1, 0.15) is 5.82 Å². The molecule has 0 spiro atoms. The molecule has 1 N–H and O–H groups in total. The molecule has 0 radical (unpaired) electrons. The molecule has 0 aliphatic carbocycles. The predicted octanol–water partition coefficient (Wildman–Crippen LogP) is 3.56. The lowest BCUT2D eigenvalue weighted by molar-refractivity contribution is 0.200. The van der Waals surface area contributed by atoms with Crippen LogP contribution in [0.1, 0.15) is 11.6 Å². The number of hydrogen-bond acceptors (Lipinski definition) is 2. The van der Waals surface area contributed by atoms with Gasteiger partial charge in [0.2, 0.25) is 0 Å². The smallest absolute Gasteiger partial charge is 0.142 e. The minimum atomic E-state index is -0.184. The second kappa shape index (κ2) is 8.93. The molecule has 0 aromatic heterocycles. The monoisotopic (exact) mass is 370 g/mol. The van der Waals surface area contributed by atoms with Crippen LogP contribution in [0.25, 0.3) is 0 Å². The molecule has 1 aliphatic heterocycles. The van der Waals surface area contributed by atoms with E-state index in [-0.39, 0.29) is 36.7 Å². The molecule has 0 amide bonds. The van der Waals surface area contributed by atoms with E-state index in [2.05, 4.69) is 32.7 Å². The van der Waals surface area contributed by atoms with Crippen LogP contribution in [0.5, 0.6) is 0 Å². The number of benzene rings is 1. The Morgan fingerprint density at radius 3 is 2.53 bits per heavy atom. The highest BCUT2D eigenvalue weighted by Gasteiger charge is 2.22. The first-order valence-electron chi connectivity index (χ1n) is 5.75. The summed E-state index contributed by atoms with van der Waals surface area (Å²) >= 11 is 3.23. The van der Waals surface area contributed by atoms with Crippen LogP contribution in [0.4, 0.5) is 4.39 Å². The fraction of sp³-hybridized carbons (Fsp3) is 0.385. The Kier molecular flexibility index (Phi) is 8.86. The van der Waals surface area contributed by atoms with Crippen LogP contribution >= 0.6 is 40.7 Å². The summed E-state index contributed by atoms with van der Waals surface area (Å²) in [5.74, 6) is -0.184. The van der Waals surface area contributed by atoms with E-state index >= 15 is 0 Å². The molecule has 1 aromatic rings. The van der Waals surface area contributed by atoms with Gasteiger partial charge in [-0.3, -0.25) is 4.90 Å². The fourth-order valence-corrected chi connectivity index (χ4v) is 2.56. The van der Waals surface area contributed by atoms with Gasteiger partial charge in [0.05, 0.1) is 10.5 Å². The Balaban J connectivity index is 0.00000162. The zero-order valence-corrected chi connectivity index (χ0v) is 13.7. The Bertz CT molecular complexity index is 412. The average Bonchev–Trinajstić information content (AvgIpc) is 2.37. The molecule has 19 heavy (non-hydrogen) atoms. The van der Waals surface area contributed by atoms with Crippen LogP contribution in [0.15, 0.2) is 35.3 Å². The van der Waals surface area contributed by atoms with Crippen LogP contribution in [-0.4, -0.2) is 31.1 Å². The maximum absolute atomic E-state index is 14.1. The summed E-state index contributed by atoms with van der Waals surface area (Å²) in [6, 6.07) is 5.36. The van der Waals surface area contributed by atoms with Crippen molar-refractivity contribution in [3.05, 3.63) is 46.7 Å². The van der Waals surface area contributed by atoms with Gasteiger partial charge in [0.15, 0.2) is 0 Å². The molecule has 0 saturated carbocycles. The van der Waals surface area contributed by atoms with Crippen LogP contribution in [0, 0.1) is 5.82 Å². The molecule has 0 unspecified atom stereocenters. The molecule has 6 heteroatoms. The van der Waals surface area contributed by atoms with E-state index in [1.807, 2.05) is 18.2 Å². The quantitative estimate of drug-likeness (QED) is 0.817. The minimum Gasteiger partial charge on any atom is -0.314 e. The van der Waals surface area contributed by atoms with Gasteiger partial charge in [0.25, 0.3) is 0 Å². The van der Waals surface area contributed by atoms with Crippen molar-refractivity contribution >= 4 is 40.7 Å². The highest BCUT2D eigenvalue weighted by Crippen LogP contribution is 2.28. The molecular weight excluding hydrogens is 354 g/mol. The molecule has 2 rings (SSSR count). The maximum atomic E-state index is 14.1. The Morgan fingerprint density at radius 1 is 1.32 bits per heavy atom. The normalized spacial score (nSPS) is 16.9. The molecule has 1 aliphatic rings. The van der Waals surface area contributed by atoms with E-state index in [0.29, 0.717) is 10.0 Å². The first-order chi connectivity index (χ1) is 8.24. The summed E-state index contributed by atoms with van der Waals surface area (Å²) in [4.78, 5) is 2.24. The first kappa shape index (κ1) is 18.9. The number of hydrogen-bond donors (Lipinski definition) is 1. The molecule has 0 bridgehead atoms. The van der Waals surface area contributed by atoms with Crippen LogP contribution in [0.3, 0.4) is 0 Å². The van der Waals surface area contributed by atoms with Gasteiger partial charge in [-0.1, -0.05) is 18.2 Å². The summed E-state index contributed by atoms with van der Waals surface area (Å²) in [7, 11) is 0. The molecular formula is C13H18BrCl2FN2. The fourth-order valence-electron chi connectivity index (χ4n) is 2.18. The van der Waals surface area contributed by atoms with Crippen LogP contribution in [0.2, 0.25) is 0 Å². The molecule has 1 saturated heterocycles. The third-order valence-corrected chi connectivity index (χ3v) is 3.68. The second-order valence-electron chi connectivity index (χ2n) is 4.11. The number of piperazine rings is 1. The summed E-state index contributed by atoms with van der Waals surface area (Å²) in [6.45, 7) is 7.57. The predicted molar refractivity (Wildman–Crippen MR) is 86.0 cm³/mol. The highest BCUT2D eigenvalue weighted by atomic mass is 79.9. The van der Waals surface area contributed by atoms with Gasteiger partial charge < -0.3 is 5.32 Å². The summed E-state index contributed by atoms with van der Waals surface area (Å²) in [5.41, 5.74) is 0.691. The van der Waals surface area contributed by atoms with Crippen LogP contribution in [-0.2, 0) is 0 Å². The van der Waals surface area contributed by atoms with Gasteiger partial charge in [0, 0.05) is 31.7 Å². The van der Waals surface area contributed by atoms with Crippen molar-refractivity contribution < 1.29 is 4.39 Å². The standard InChI is InChI=1S/C13H16BrFN2.2ClH/c1-2-12(17-8-6-16-7-9-17)10-4-3-5-11(14)13(10)15;;/h2-5,12,16H,1,6-9H2;2*1H/t12-;;/m0../s1. The number of halogens is 4. The third-order valence-electron chi connectivity index (χ3n) is 3.07. The van der Waals surface area contributed by atoms with E-state index in [9.17, 15) is 4.39 Å². The minimum absolute atomic E-state index is 0. The SMILES string of the molecule is C=C[C@@H](c1cccc(Br)c1F)N1CCNCC1.Cl.Cl. The van der Waals surface area contributed by atoms with Crippen molar-refractivity contribution in [1.29, 1.82) is 0 Å². The van der Waals surface area contributed by atoms with Crippen molar-refractivity contribution in [3.8, 4) is 0 Å². The lowest BCUT2D eigenvalue weighted by atomic mass is 10.0. The van der Waals surface area contributed by atoms with E-state index in [1.54, 1.807) is 6.07 Å². The number of nitrogens with zero attached hydrogens (tertiary/aromatic N) is 1. The molecule has 1 heterocycles. The van der Waals surface area contributed by atoms with Gasteiger partial charge in [-0.05, 0) is 22.0 Å². The van der Waals surface area contributed by atoms with E-state index in [1.165, 1.54) is 0 Å². The Morgan fingerprint density at radius 2 is 1.95 bits per heavy atom. The summed E-state index contributed by atoms with van der Waals surface area (Å²) in [5, 5.41) is 3.29. The van der Waals surface area contributed by atoms with Gasteiger partial charge in [-0.25, -0.2) is 4.39 Å². The second-order valence-corrected chi connectivity index (χ2v) is 4.96. The van der Waals surface area contributed by atoms with Gasteiger partial charge in [-0.15, -0.1) is 31.4 Å². The molecule has 1 atom stereocenters. The largest absolute Gasteiger partial charge is 0.314 e. The van der Waals surface area contributed by atoms with E-state index < -0.39 is 0 Å². The summed E-state index contributed by atoms with van der Waals surface area (Å²) < 4.78 is 14.6. The van der Waals surface area contributed by atoms with Crippen molar-refractivity contribution in [2.45, 2.75) is 6.04 Å². The van der Waals surface area contributed by atoms with Gasteiger partial charge in [-0.2, -0.15) is 0 Å². The molecule has 2 nitrogen and oxygen atoms in total. The number of nitrogens with one attached hydrogen (secondary N) is 1. The zero-order chi connectivity index (χ0) is 12.3. The third kappa shape index (κ3) is 4.43. The number of rotatable bonds is 3. The zero-order valence-electron chi connectivity index (χ0n) is 10.4. The van der Waals surface area contributed by atoms with Crippen molar-refractivity contribution in [1.82, 2.24) is 10.2 Å². The summed E-state index contributed by atoms with van der Waals surface area (Å²) in [6.07, 6.45) is 1.82. The highest BCUT2D eigenvalue weighted by molar-refractivity contribution is 9.10. The molecule has 1 aromatic carbocycles. The lowest BCUT2D eigenvalue weighted by Gasteiger charge is -2.33. The molecule has 1 fully saturated rings. The maximum Gasteiger partial charge on any atom is 0.142 e. The Hall–Kier alpha value is -0.130. The van der Waals surface area contributed by atoms with E-state index in [0.717, 1.165) is 26.2 Å². The average molecular weight is 372 g/mol. The first-order valence-corrected chi connectivity index (χ1v) is 6.54. The topological polar surface area (TPSA) is 15.3 Å². The van der Waals surface area contributed by atoms with Gasteiger partial charge >= 0.3 is 0 Å². The molecule has 108 valence electrons.